The van der Waals surface area contributed by atoms with Crippen molar-refractivity contribution in [3.63, 3.8) is 0 Å². The minimum atomic E-state index is -4.87. The molecule has 0 aliphatic heterocycles. The van der Waals surface area contributed by atoms with Crippen LogP contribution in [0.1, 0.15) is 12.0 Å². The summed E-state index contributed by atoms with van der Waals surface area (Å²) < 4.78 is 79.5. The molecule has 2 rings (SSSR count). The maximum atomic E-state index is 13.1. The van der Waals surface area contributed by atoms with Crippen molar-refractivity contribution >= 4 is 15.9 Å². The van der Waals surface area contributed by atoms with Gasteiger partial charge in [0, 0.05) is 19.5 Å². The summed E-state index contributed by atoms with van der Waals surface area (Å²) in [6.07, 6.45) is -4.60. The van der Waals surface area contributed by atoms with E-state index in [1.165, 1.54) is 12.1 Å². The normalized spacial score (nSPS) is 11.9. The van der Waals surface area contributed by atoms with Crippen molar-refractivity contribution in [3.8, 4) is 5.75 Å². The first kappa shape index (κ1) is 22.6. The van der Waals surface area contributed by atoms with Gasteiger partial charge < -0.3 is 10.1 Å². The van der Waals surface area contributed by atoms with Gasteiger partial charge in [0.2, 0.25) is 15.9 Å². The van der Waals surface area contributed by atoms with Crippen molar-refractivity contribution in [2.45, 2.75) is 24.1 Å². The Labute approximate surface area is 164 Å². The van der Waals surface area contributed by atoms with Crippen LogP contribution in [0, 0.1) is 5.82 Å². The second kappa shape index (κ2) is 9.70. The zero-order chi connectivity index (χ0) is 21.5. The van der Waals surface area contributed by atoms with Gasteiger partial charge in [-0.25, -0.2) is 17.5 Å². The lowest BCUT2D eigenvalue weighted by atomic mass is 10.1. The molecule has 0 spiro atoms. The van der Waals surface area contributed by atoms with E-state index in [-0.39, 0.29) is 30.2 Å². The molecule has 2 N–H and O–H groups in total. The molecule has 0 bridgehead atoms. The van der Waals surface area contributed by atoms with Crippen LogP contribution < -0.4 is 14.8 Å². The molecule has 0 aliphatic carbocycles. The average Bonchev–Trinajstić information content (AvgIpc) is 2.61. The molecular weight excluding hydrogens is 416 g/mol. The Kier molecular flexibility index (Phi) is 7.57. The highest BCUT2D eigenvalue weighted by Gasteiger charge is 2.31. The van der Waals surface area contributed by atoms with E-state index in [1.807, 2.05) is 0 Å². The standard InChI is InChI=1S/C18H18F4N2O4S/c19-14-3-1-2-13(12-14)8-10-23-17(25)9-11-24-29(26,27)16-6-4-15(5-7-16)28-18(20,21)22/h1-7,12,24H,8-11H2,(H,23,25). The molecule has 2 aromatic rings. The Morgan fingerprint density at radius 2 is 1.72 bits per heavy atom. The SMILES string of the molecule is O=C(CCNS(=O)(=O)c1ccc(OC(F)(F)F)cc1)NCCc1cccc(F)c1. The number of sulfonamides is 1. The van der Waals surface area contributed by atoms with Crippen molar-refractivity contribution in [2.24, 2.45) is 0 Å². The van der Waals surface area contributed by atoms with Gasteiger partial charge in [-0.3, -0.25) is 4.79 Å². The zero-order valence-corrected chi connectivity index (χ0v) is 15.8. The maximum absolute atomic E-state index is 13.1. The summed E-state index contributed by atoms with van der Waals surface area (Å²) in [5.74, 6) is -1.33. The average molecular weight is 434 g/mol. The summed E-state index contributed by atoms with van der Waals surface area (Å²) in [6, 6.07) is 9.61. The highest BCUT2D eigenvalue weighted by atomic mass is 32.2. The van der Waals surface area contributed by atoms with Crippen LogP contribution in [0.5, 0.6) is 5.75 Å². The zero-order valence-electron chi connectivity index (χ0n) is 15.0. The van der Waals surface area contributed by atoms with Gasteiger partial charge in [-0.2, -0.15) is 0 Å². The summed E-state index contributed by atoms with van der Waals surface area (Å²) in [5, 5.41) is 2.59. The van der Waals surface area contributed by atoms with Gasteiger partial charge in [-0.05, 0) is 48.4 Å². The van der Waals surface area contributed by atoms with Gasteiger partial charge in [0.05, 0.1) is 4.90 Å². The first-order valence-corrected chi connectivity index (χ1v) is 9.90. The lowest BCUT2D eigenvalue weighted by molar-refractivity contribution is -0.274. The lowest BCUT2D eigenvalue weighted by Gasteiger charge is -2.10. The van der Waals surface area contributed by atoms with Gasteiger partial charge in [-0.1, -0.05) is 12.1 Å². The lowest BCUT2D eigenvalue weighted by Crippen LogP contribution is -2.31. The fraction of sp³-hybridized carbons (Fsp3) is 0.278. The highest BCUT2D eigenvalue weighted by Crippen LogP contribution is 2.23. The van der Waals surface area contributed by atoms with Crippen LogP contribution in [0.15, 0.2) is 53.4 Å². The number of amides is 1. The van der Waals surface area contributed by atoms with Crippen LogP contribution in [0.25, 0.3) is 0 Å². The summed E-state index contributed by atoms with van der Waals surface area (Å²) in [6.45, 7) is 0.0602. The number of carbonyl (C=O) groups is 1. The predicted molar refractivity (Wildman–Crippen MR) is 96.0 cm³/mol. The number of rotatable bonds is 9. The summed E-state index contributed by atoms with van der Waals surface area (Å²) in [5.41, 5.74) is 0.712. The van der Waals surface area contributed by atoms with Gasteiger partial charge in [0.1, 0.15) is 11.6 Å². The molecule has 158 valence electrons. The van der Waals surface area contributed by atoms with Gasteiger partial charge in [0.15, 0.2) is 0 Å². The van der Waals surface area contributed by atoms with Crippen molar-refractivity contribution in [2.75, 3.05) is 13.1 Å². The molecule has 2 aromatic carbocycles. The number of alkyl halides is 3. The number of halogens is 4. The summed E-state index contributed by atoms with van der Waals surface area (Å²) in [4.78, 5) is 11.5. The largest absolute Gasteiger partial charge is 0.573 e. The Balaban J connectivity index is 1.76. The smallest absolute Gasteiger partial charge is 0.406 e. The van der Waals surface area contributed by atoms with Crippen LogP contribution in [0.4, 0.5) is 17.6 Å². The molecule has 0 atom stereocenters. The van der Waals surface area contributed by atoms with E-state index in [0.717, 1.165) is 24.3 Å². The number of ether oxygens (including phenoxy) is 1. The van der Waals surface area contributed by atoms with Crippen LogP contribution in [0.2, 0.25) is 0 Å². The molecular formula is C18H18F4N2O4S. The number of benzene rings is 2. The second-order valence-electron chi connectivity index (χ2n) is 5.90. The number of hydrogen-bond acceptors (Lipinski definition) is 4. The molecule has 11 heteroatoms. The Morgan fingerprint density at radius 3 is 2.34 bits per heavy atom. The second-order valence-corrected chi connectivity index (χ2v) is 7.66. The fourth-order valence-electron chi connectivity index (χ4n) is 2.33. The molecule has 29 heavy (non-hydrogen) atoms. The van der Waals surface area contributed by atoms with E-state index < -0.39 is 28.0 Å². The van der Waals surface area contributed by atoms with Crippen molar-refractivity contribution < 1.29 is 35.5 Å². The minimum absolute atomic E-state index is 0.141. The quantitative estimate of drug-likeness (QED) is 0.595. The number of hydrogen-bond donors (Lipinski definition) is 2. The number of nitrogens with one attached hydrogen (secondary N) is 2. The van der Waals surface area contributed by atoms with Crippen LogP contribution in [0.3, 0.4) is 0 Å². The fourth-order valence-corrected chi connectivity index (χ4v) is 3.36. The van der Waals surface area contributed by atoms with E-state index in [1.54, 1.807) is 12.1 Å². The van der Waals surface area contributed by atoms with Gasteiger partial charge >= 0.3 is 6.36 Å². The maximum Gasteiger partial charge on any atom is 0.573 e. The molecule has 0 unspecified atom stereocenters. The molecule has 0 aromatic heterocycles. The van der Waals surface area contributed by atoms with E-state index in [0.29, 0.717) is 12.0 Å². The van der Waals surface area contributed by atoms with E-state index in [4.69, 9.17) is 0 Å². The molecule has 0 heterocycles. The number of carbonyl (C=O) groups excluding carboxylic acids is 1. The van der Waals surface area contributed by atoms with Crippen LogP contribution >= 0.6 is 0 Å². The first-order valence-electron chi connectivity index (χ1n) is 8.42. The van der Waals surface area contributed by atoms with E-state index in [9.17, 15) is 30.8 Å². The van der Waals surface area contributed by atoms with Crippen molar-refractivity contribution in [1.29, 1.82) is 0 Å². The Bertz CT molecular complexity index is 932. The van der Waals surface area contributed by atoms with Gasteiger partial charge in [-0.15, -0.1) is 13.2 Å². The molecule has 0 aliphatic rings. The van der Waals surface area contributed by atoms with Gasteiger partial charge in [0.25, 0.3) is 0 Å². The third kappa shape index (κ3) is 8.08. The molecule has 6 nitrogen and oxygen atoms in total. The molecule has 0 fully saturated rings. The molecule has 0 radical (unpaired) electrons. The van der Waals surface area contributed by atoms with Crippen LogP contribution in [-0.4, -0.2) is 33.8 Å². The van der Waals surface area contributed by atoms with E-state index in [2.05, 4.69) is 14.8 Å². The monoisotopic (exact) mass is 434 g/mol. The van der Waals surface area contributed by atoms with E-state index >= 15 is 0 Å². The summed E-state index contributed by atoms with van der Waals surface area (Å²) in [7, 11) is -3.99. The minimum Gasteiger partial charge on any atom is -0.406 e. The highest BCUT2D eigenvalue weighted by molar-refractivity contribution is 7.89. The first-order chi connectivity index (χ1) is 13.5. The van der Waals surface area contributed by atoms with Crippen molar-refractivity contribution in [3.05, 3.63) is 59.9 Å². The predicted octanol–water partition coefficient (Wildman–Crippen LogP) is 2.75. The molecule has 0 saturated carbocycles. The third-order valence-corrected chi connectivity index (χ3v) is 5.11. The molecule has 0 saturated heterocycles. The Morgan fingerprint density at radius 1 is 1.03 bits per heavy atom. The van der Waals surface area contributed by atoms with Crippen LogP contribution in [-0.2, 0) is 21.2 Å². The Hall–Kier alpha value is -2.66. The topological polar surface area (TPSA) is 84.5 Å². The summed E-state index contributed by atoms with van der Waals surface area (Å²) >= 11 is 0. The third-order valence-electron chi connectivity index (χ3n) is 3.64. The van der Waals surface area contributed by atoms with Crippen molar-refractivity contribution in [1.82, 2.24) is 10.0 Å². The molecule has 1 amide bonds.